The van der Waals surface area contributed by atoms with E-state index in [2.05, 4.69) is 73.9 Å². The van der Waals surface area contributed by atoms with Crippen LogP contribution in [0.4, 0.5) is 0 Å². The van der Waals surface area contributed by atoms with E-state index >= 15 is 0 Å². The molecule has 0 fully saturated rings. The maximum atomic E-state index is 5.19. The van der Waals surface area contributed by atoms with Crippen LogP contribution in [0.2, 0.25) is 0 Å². The first kappa shape index (κ1) is 12.8. The molecular weight excluding hydrogens is 240 g/mol. The van der Waals surface area contributed by atoms with Crippen LogP contribution in [0.3, 0.4) is 0 Å². The highest BCUT2D eigenvalue weighted by atomic mass is 32.1. The largest absolute Gasteiger partial charge is 0.354 e. The lowest BCUT2D eigenvalue weighted by Gasteiger charge is -2.30. The Morgan fingerprint density at radius 1 is 1.22 bits per heavy atom. The lowest BCUT2D eigenvalue weighted by molar-refractivity contribution is 0.555. The van der Waals surface area contributed by atoms with Gasteiger partial charge in [-0.15, -0.1) is 0 Å². The van der Waals surface area contributed by atoms with E-state index in [1.54, 1.807) is 0 Å². The molecule has 1 aromatic rings. The summed E-state index contributed by atoms with van der Waals surface area (Å²) in [7, 11) is 0. The minimum atomic E-state index is -0.103. The smallest absolute Gasteiger partial charge is 0.171 e. The van der Waals surface area contributed by atoms with Crippen LogP contribution in [0, 0.1) is 6.92 Å². The standard InChI is InChI=1S/C15H18N2S/c1-11-5-4-6-12(9-11)7-8-13-10-15(2,3)17-14(18)16-13/h4-10H,1-3H3,(H2,16,17,18)/b8-7+. The number of thiocarbonyl (C=S) groups is 1. The number of hydrogen-bond donors (Lipinski definition) is 2. The van der Waals surface area contributed by atoms with E-state index in [1.165, 1.54) is 11.1 Å². The van der Waals surface area contributed by atoms with Crippen LogP contribution >= 0.6 is 12.2 Å². The molecule has 2 N–H and O–H groups in total. The van der Waals surface area contributed by atoms with Crippen molar-refractivity contribution < 1.29 is 0 Å². The topological polar surface area (TPSA) is 24.1 Å². The van der Waals surface area contributed by atoms with Crippen LogP contribution in [-0.4, -0.2) is 10.7 Å². The summed E-state index contributed by atoms with van der Waals surface area (Å²) in [5.74, 6) is 0. The molecule has 1 aromatic carbocycles. The molecule has 0 radical (unpaired) electrons. The van der Waals surface area contributed by atoms with Crippen molar-refractivity contribution in [3.63, 3.8) is 0 Å². The molecule has 0 saturated heterocycles. The molecule has 0 saturated carbocycles. The maximum Gasteiger partial charge on any atom is 0.171 e. The fraction of sp³-hybridized carbons (Fsp3) is 0.267. The van der Waals surface area contributed by atoms with E-state index < -0.39 is 0 Å². The van der Waals surface area contributed by atoms with Gasteiger partial charge in [-0.25, -0.2) is 0 Å². The molecule has 0 spiro atoms. The Balaban J connectivity index is 2.19. The lowest BCUT2D eigenvalue weighted by Crippen LogP contribution is -2.51. The van der Waals surface area contributed by atoms with Gasteiger partial charge in [0.15, 0.2) is 5.11 Å². The number of benzene rings is 1. The molecule has 1 heterocycles. The minimum Gasteiger partial charge on any atom is -0.354 e. The fourth-order valence-corrected chi connectivity index (χ4v) is 2.35. The first-order chi connectivity index (χ1) is 8.44. The summed E-state index contributed by atoms with van der Waals surface area (Å²) in [6.07, 6.45) is 6.29. The SMILES string of the molecule is Cc1cccc(/C=C/C2=CC(C)(C)NC(=S)N2)c1. The molecular formula is C15H18N2S. The van der Waals surface area contributed by atoms with Gasteiger partial charge in [-0.2, -0.15) is 0 Å². The Morgan fingerprint density at radius 2 is 2.00 bits per heavy atom. The Bertz CT molecular complexity index is 527. The van der Waals surface area contributed by atoms with Gasteiger partial charge in [0.2, 0.25) is 0 Å². The highest BCUT2D eigenvalue weighted by Crippen LogP contribution is 2.14. The van der Waals surface area contributed by atoms with E-state index in [1.807, 2.05) is 0 Å². The first-order valence-electron chi connectivity index (χ1n) is 6.01. The van der Waals surface area contributed by atoms with Crippen molar-refractivity contribution in [1.82, 2.24) is 10.6 Å². The van der Waals surface area contributed by atoms with Crippen LogP contribution in [0.25, 0.3) is 6.08 Å². The van der Waals surface area contributed by atoms with Crippen molar-refractivity contribution in [2.45, 2.75) is 26.3 Å². The molecule has 0 amide bonds. The van der Waals surface area contributed by atoms with Crippen molar-refractivity contribution in [2.24, 2.45) is 0 Å². The maximum absolute atomic E-state index is 5.19. The molecule has 18 heavy (non-hydrogen) atoms. The molecule has 2 rings (SSSR count). The van der Waals surface area contributed by atoms with Gasteiger partial charge in [0.25, 0.3) is 0 Å². The normalized spacial score (nSPS) is 18.2. The molecule has 3 heteroatoms. The molecule has 0 aliphatic carbocycles. The number of allylic oxidation sites excluding steroid dienone is 1. The van der Waals surface area contributed by atoms with Gasteiger partial charge in [0.05, 0.1) is 5.54 Å². The quantitative estimate of drug-likeness (QED) is 0.797. The van der Waals surface area contributed by atoms with Crippen LogP contribution in [0.15, 0.2) is 42.1 Å². The summed E-state index contributed by atoms with van der Waals surface area (Å²) < 4.78 is 0. The monoisotopic (exact) mass is 258 g/mol. The van der Waals surface area contributed by atoms with Crippen molar-refractivity contribution >= 4 is 23.4 Å². The molecule has 1 aliphatic heterocycles. The second-order valence-corrected chi connectivity index (χ2v) is 5.56. The third kappa shape index (κ3) is 3.44. The van der Waals surface area contributed by atoms with Crippen molar-refractivity contribution in [3.05, 3.63) is 53.2 Å². The van der Waals surface area contributed by atoms with Crippen LogP contribution in [0.5, 0.6) is 0 Å². The van der Waals surface area contributed by atoms with E-state index in [0.29, 0.717) is 5.11 Å². The number of hydrogen-bond acceptors (Lipinski definition) is 1. The van der Waals surface area contributed by atoms with E-state index in [4.69, 9.17) is 12.2 Å². The van der Waals surface area contributed by atoms with Crippen LogP contribution in [0.1, 0.15) is 25.0 Å². The Labute approximate surface area is 114 Å². The van der Waals surface area contributed by atoms with Gasteiger partial charge in [0.1, 0.15) is 0 Å². The number of aryl methyl sites for hydroxylation is 1. The average molecular weight is 258 g/mol. The third-order valence-corrected chi connectivity index (χ3v) is 2.91. The van der Waals surface area contributed by atoms with Crippen LogP contribution in [-0.2, 0) is 0 Å². The second kappa shape index (κ2) is 4.94. The minimum absolute atomic E-state index is 0.103. The molecule has 0 unspecified atom stereocenters. The summed E-state index contributed by atoms with van der Waals surface area (Å²) >= 11 is 5.19. The average Bonchev–Trinajstić information content (AvgIpc) is 2.24. The Kier molecular flexibility index (Phi) is 3.53. The van der Waals surface area contributed by atoms with Gasteiger partial charge in [-0.1, -0.05) is 35.9 Å². The highest BCUT2D eigenvalue weighted by Gasteiger charge is 2.20. The van der Waals surface area contributed by atoms with Crippen molar-refractivity contribution in [3.8, 4) is 0 Å². The van der Waals surface area contributed by atoms with Gasteiger partial charge < -0.3 is 10.6 Å². The third-order valence-electron chi connectivity index (χ3n) is 2.71. The first-order valence-corrected chi connectivity index (χ1v) is 6.42. The summed E-state index contributed by atoms with van der Waals surface area (Å²) in [5, 5.41) is 7.03. The molecule has 1 aliphatic rings. The Hall–Kier alpha value is -1.61. The molecule has 94 valence electrons. The number of nitrogens with one attached hydrogen (secondary N) is 2. The van der Waals surface area contributed by atoms with E-state index in [9.17, 15) is 0 Å². The summed E-state index contributed by atoms with van der Waals surface area (Å²) in [6, 6.07) is 8.40. The number of rotatable bonds is 2. The summed E-state index contributed by atoms with van der Waals surface area (Å²) in [4.78, 5) is 0. The lowest BCUT2D eigenvalue weighted by atomic mass is 10.0. The summed E-state index contributed by atoms with van der Waals surface area (Å²) in [6.45, 7) is 6.29. The fourth-order valence-electron chi connectivity index (χ4n) is 1.97. The zero-order valence-corrected chi connectivity index (χ0v) is 11.8. The van der Waals surface area contributed by atoms with E-state index in [-0.39, 0.29) is 5.54 Å². The molecule has 0 bridgehead atoms. The van der Waals surface area contributed by atoms with Crippen molar-refractivity contribution in [1.29, 1.82) is 0 Å². The molecule has 0 atom stereocenters. The Morgan fingerprint density at radius 3 is 2.67 bits per heavy atom. The molecule has 0 aromatic heterocycles. The summed E-state index contributed by atoms with van der Waals surface area (Å²) in [5.41, 5.74) is 3.39. The predicted octanol–water partition coefficient (Wildman–Crippen LogP) is 3.15. The van der Waals surface area contributed by atoms with Gasteiger partial charge >= 0.3 is 0 Å². The van der Waals surface area contributed by atoms with E-state index in [0.717, 1.165) is 5.70 Å². The molecule has 2 nitrogen and oxygen atoms in total. The van der Waals surface area contributed by atoms with Crippen molar-refractivity contribution in [2.75, 3.05) is 0 Å². The van der Waals surface area contributed by atoms with Crippen LogP contribution < -0.4 is 10.6 Å². The highest BCUT2D eigenvalue weighted by molar-refractivity contribution is 7.80. The zero-order chi connectivity index (χ0) is 13.2. The zero-order valence-electron chi connectivity index (χ0n) is 10.9. The predicted molar refractivity (Wildman–Crippen MR) is 81.2 cm³/mol. The van der Waals surface area contributed by atoms with Gasteiger partial charge in [-0.3, -0.25) is 0 Å². The van der Waals surface area contributed by atoms with Gasteiger partial charge in [-0.05, 0) is 50.7 Å². The second-order valence-electron chi connectivity index (χ2n) is 5.15. The van der Waals surface area contributed by atoms with Gasteiger partial charge in [0, 0.05) is 5.70 Å².